The van der Waals surface area contributed by atoms with Crippen molar-refractivity contribution in [2.75, 3.05) is 0 Å². The highest BCUT2D eigenvalue weighted by atomic mass is 79.9. The second kappa shape index (κ2) is 7.83. The van der Waals surface area contributed by atoms with E-state index in [1.54, 1.807) is 11.4 Å². The Morgan fingerprint density at radius 3 is 2.85 bits per heavy atom. The van der Waals surface area contributed by atoms with Gasteiger partial charge < -0.3 is 4.52 Å². The number of thiophene rings is 1. The lowest BCUT2D eigenvalue weighted by atomic mass is 10.1. The zero-order valence-corrected chi connectivity index (χ0v) is 17.6. The number of rotatable bonds is 6. The summed E-state index contributed by atoms with van der Waals surface area (Å²) in [6, 6.07) is 9.11. The monoisotopic (exact) mass is 467 g/mol. The molecule has 0 unspecified atom stereocenters. The van der Waals surface area contributed by atoms with Crippen LogP contribution in [0.5, 0.6) is 0 Å². The first-order chi connectivity index (χ1) is 13.0. The zero-order chi connectivity index (χ0) is 18.9. The van der Waals surface area contributed by atoms with Gasteiger partial charge in [0.1, 0.15) is 4.21 Å². The molecule has 0 spiro atoms. The van der Waals surface area contributed by atoms with Crippen molar-refractivity contribution in [2.45, 2.75) is 42.4 Å². The Morgan fingerprint density at radius 2 is 2.07 bits per heavy atom. The maximum Gasteiger partial charge on any atom is 0.250 e. The fourth-order valence-electron chi connectivity index (χ4n) is 3.16. The van der Waals surface area contributed by atoms with Crippen molar-refractivity contribution in [3.05, 3.63) is 51.6 Å². The van der Waals surface area contributed by atoms with Crippen molar-refractivity contribution in [3.8, 4) is 11.4 Å². The third kappa shape index (κ3) is 4.31. The van der Waals surface area contributed by atoms with Crippen LogP contribution in [0.4, 0.5) is 0 Å². The first-order valence-corrected chi connectivity index (χ1v) is 11.8. The molecule has 2 aromatic heterocycles. The second-order valence-electron chi connectivity index (χ2n) is 6.55. The fourth-order valence-corrected chi connectivity index (χ4v) is 5.83. The van der Waals surface area contributed by atoms with Crippen LogP contribution in [0.2, 0.25) is 0 Å². The molecule has 6 nitrogen and oxygen atoms in total. The summed E-state index contributed by atoms with van der Waals surface area (Å²) in [6.07, 6.45) is 4.52. The Hall–Kier alpha value is -1.55. The Balaban J connectivity index is 1.48. The van der Waals surface area contributed by atoms with Gasteiger partial charge in [-0.3, -0.25) is 0 Å². The molecular weight excluding hydrogens is 450 g/mol. The van der Waals surface area contributed by atoms with Crippen molar-refractivity contribution < 1.29 is 12.9 Å². The average Bonchev–Trinajstić information content (AvgIpc) is 3.40. The minimum atomic E-state index is -3.60. The number of nitrogens with zero attached hydrogens (tertiary/aromatic N) is 2. The van der Waals surface area contributed by atoms with Crippen LogP contribution in [-0.2, 0) is 16.6 Å². The predicted octanol–water partition coefficient (Wildman–Crippen LogP) is 4.70. The lowest BCUT2D eigenvalue weighted by molar-refractivity contribution is 0.354. The molecule has 1 aromatic carbocycles. The van der Waals surface area contributed by atoms with Crippen molar-refractivity contribution in [1.82, 2.24) is 14.9 Å². The number of aromatic nitrogens is 2. The maximum atomic E-state index is 12.6. The number of benzene rings is 1. The molecule has 3 aromatic rings. The van der Waals surface area contributed by atoms with Gasteiger partial charge in [0.2, 0.25) is 21.7 Å². The molecule has 1 N–H and O–H groups in total. The molecule has 1 aliphatic rings. The Bertz CT molecular complexity index is 1040. The molecule has 27 heavy (non-hydrogen) atoms. The van der Waals surface area contributed by atoms with Gasteiger partial charge in [0.15, 0.2) is 0 Å². The van der Waals surface area contributed by atoms with Crippen LogP contribution in [0.3, 0.4) is 0 Å². The highest BCUT2D eigenvalue weighted by molar-refractivity contribution is 9.10. The molecule has 9 heteroatoms. The average molecular weight is 468 g/mol. The molecular formula is C18H18BrN3O3S2. The van der Waals surface area contributed by atoms with E-state index in [2.05, 4.69) is 30.8 Å². The number of nitrogens with one attached hydrogen (secondary N) is 1. The van der Waals surface area contributed by atoms with E-state index in [0.29, 0.717) is 23.2 Å². The SMILES string of the molecule is O=S(=O)(NCc1cccc(Br)c1)c1cc(-c2noc(C3CCCC3)n2)cs1. The van der Waals surface area contributed by atoms with E-state index in [4.69, 9.17) is 4.52 Å². The topological polar surface area (TPSA) is 85.1 Å². The van der Waals surface area contributed by atoms with Crippen molar-refractivity contribution in [2.24, 2.45) is 0 Å². The summed E-state index contributed by atoms with van der Waals surface area (Å²) in [5, 5.41) is 5.78. The fraction of sp³-hybridized carbons (Fsp3) is 0.333. The summed E-state index contributed by atoms with van der Waals surface area (Å²) in [5.41, 5.74) is 1.54. The summed E-state index contributed by atoms with van der Waals surface area (Å²) in [4.78, 5) is 4.47. The van der Waals surface area contributed by atoms with Gasteiger partial charge in [-0.25, -0.2) is 13.1 Å². The lowest BCUT2D eigenvalue weighted by Crippen LogP contribution is -2.22. The highest BCUT2D eigenvalue weighted by Crippen LogP contribution is 2.34. The van der Waals surface area contributed by atoms with Gasteiger partial charge in [0.05, 0.1) is 0 Å². The van der Waals surface area contributed by atoms with Crippen LogP contribution in [-0.4, -0.2) is 18.6 Å². The first kappa shape index (κ1) is 18.8. The molecule has 0 radical (unpaired) electrons. The van der Waals surface area contributed by atoms with E-state index < -0.39 is 10.0 Å². The minimum absolute atomic E-state index is 0.225. The molecule has 1 saturated carbocycles. The number of sulfonamides is 1. The van der Waals surface area contributed by atoms with Crippen molar-refractivity contribution >= 4 is 37.3 Å². The van der Waals surface area contributed by atoms with Crippen LogP contribution >= 0.6 is 27.3 Å². The van der Waals surface area contributed by atoms with Crippen molar-refractivity contribution in [1.29, 1.82) is 0 Å². The molecule has 0 atom stereocenters. The zero-order valence-electron chi connectivity index (χ0n) is 14.4. The number of hydrogen-bond acceptors (Lipinski definition) is 6. The molecule has 4 rings (SSSR count). The standard InChI is InChI=1S/C18H18BrN3O3S2/c19-15-7-3-4-12(8-15)10-20-27(23,24)16-9-14(11-26-16)17-21-18(25-22-17)13-5-1-2-6-13/h3-4,7-9,11,13,20H,1-2,5-6,10H2. The minimum Gasteiger partial charge on any atom is -0.339 e. The molecule has 0 aliphatic heterocycles. The van der Waals surface area contributed by atoms with E-state index in [9.17, 15) is 8.42 Å². The number of halogens is 1. The van der Waals surface area contributed by atoms with Crippen LogP contribution in [0.25, 0.3) is 11.4 Å². The van der Waals surface area contributed by atoms with Gasteiger partial charge >= 0.3 is 0 Å². The Morgan fingerprint density at radius 1 is 1.26 bits per heavy atom. The van der Waals surface area contributed by atoms with E-state index in [1.807, 2.05) is 24.3 Å². The highest BCUT2D eigenvalue weighted by Gasteiger charge is 2.24. The lowest BCUT2D eigenvalue weighted by Gasteiger charge is -2.05. The van der Waals surface area contributed by atoms with E-state index in [0.717, 1.165) is 34.2 Å². The van der Waals surface area contributed by atoms with Gasteiger partial charge in [0, 0.05) is 27.9 Å². The van der Waals surface area contributed by atoms with Crippen LogP contribution in [0.1, 0.15) is 43.1 Å². The molecule has 0 bridgehead atoms. The van der Waals surface area contributed by atoms with Crippen molar-refractivity contribution in [3.63, 3.8) is 0 Å². The van der Waals surface area contributed by atoms with Crippen LogP contribution in [0.15, 0.2) is 48.9 Å². The normalized spacial score (nSPS) is 15.4. The summed E-state index contributed by atoms with van der Waals surface area (Å²) in [6.45, 7) is 0.225. The van der Waals surface area contributed by atoms with E-state index in [-0.39, 0.29) is 10.8 Å². The quantitative estimate of drug-likeness (QED) is 0.567. The van der Waals surface area contributed by atoms with Gasteiger partial charge in [0.25, 0.3) is 0 Å². The van der Waals surface area contributed by atoms with Crippen LogP contribution < -0.4 is 4.72 Å². The molecule has 2 heterocycles. The Kier molecular flexibility index (Phi) is 5.45. The second-order valence-corrected chi connectivity index (χ2v) is 10.4. The number of hydrogen-bond donors (Lipinski definition) is 1. The third-order valence-corrected chi connectivity index (χ3v) is 7.93. The largest absolute Gasteiger partial charge is 0.339 e. The molecule has 0 amide bonds. The molecule has 142 valence electrons. The van der Waals surface area contributed by atoms with Gasteiger partial charge in [-0.05, 0) is 36.6 Å². The summed E-state index contributed by atoms with van der Waals surface area (Å²) >= 11 is 4.53. The van der Waals surface area contributed by atoms with Gasteiger partial charge in [-0.15, -0.1) is 11.3 Å². The molecule has 0 saturated heterocycles. The van der Waals surface area contributed by atoms with Crippen LogP contribution in [0, 0.1) is 0 Å². The Labute approximate surface area is 170 Å². The maximum absolute atomic E-state index is 12.6. The van der Waals surface area contributed by atoms with Gasteiger partial charge in [-0.2, -0.15) is 4.98 Å². The summed E-state index contributed by atoms with van der Waals surface area (Å²) in [5.74, 6) is 1.44. The first-order valence-electron chi connectivity index (χ1n) is 8.68. The molecule has 1 fully saturated rings. The van der Waals surface area contributed by atoms with E-state index >= 15 is 0 Å². The molecule has 1 aliphatic carbocycles. The predicted molar refractivity (Wildman–Crippen MR) is 107 cm³/mol. The summed E-state index contributed by atoms with van der Waals surface area (Å²) < 4.78 is 34.3. The van der Waals surface area contributed by atoms with E-state index in [1.165, 1.54) is 12.8 Å². The summed E-state index contributed by atoms with van der Waals surface area (Å²) in [7, 11) is -3.60. The smallest absolute Gasteiger partial charge is 0.250 e. The third-order valence-electron chi connectivity index (χ3n) is 4.60. The van der Waals surface area contributed by atoms with Gasteiger partial charge in [-0.1, -0.05) is 46.1 Å².